The minimum atomic E-state index is -5.08. The second-order valence-electron chi connectivity index (χ2n) is 5.84. The van der Waals surface area contributed by atoms with Gasteiger partial charge in [-0.05, 0) is 24.5 Å². The number of carboxylic acids is 1. The predicted molar refractivity (Wildman–Crippen MR) is 90.4 cm³/mol. The summed E-state index contributed by atoms with van der Waals surface area (Å²) in [6.45, 7) is 0.706. The number of pyridine rings is 1. The van der Waals surface area contributed by atoms with Gasteiger partial charge in [0.2, 0.25) is 5.91 Å². The third-order valence-corrected chi connectivity index (χ3v) is 5.26. The van der Waals surface area contributed by atoms with Crippen molar-refractivity contribution in [1.29, 1.82) is 5.26 Å². The lowest BCUT2D eigenvalue weighted by Gasteiger charge is -2.23. The van der Waals surface area contributed by atoms with Crippen molar-refractivity contribution in [1.82, 2.24) is 15.2 Å². The maximum atomic E-state index is 12.5. The van der Waals surface area contributed by atoms with Crippen LogP contribution in [0.4, 0.5) is 13.2 Å². The number of aromatic nitrogens is 1. The molecule has 0 aliphatic carbocycles. The van der Waals surface area contributed by atoms with Crippen molar-refractivity contribution < 1.29 is 27.9 Å². The molecule has 0 bridgehead atoms. The van der Waals surface area contributed by atoms with Crippen LogP contribution < -0.4 is 5.32 Å². The molecule has 11 heteroatoms. The molecule has 2 aliphatic rings. The van der Waals surface area contributed by atoms with E-state index in [9.17, 15) is 18.0 Å². The van der Waals surface area contributed by atoms with Crippen molar-refractivity contribution >= 4 is 23.6 Å². The number of alkyl halides is 3. The lowest BCUT2D eigenvalue weighted by atomic mass is 10.2. The second kappa shape index (κ2) is 9.05. The fraction of sp³-hybridized carbons (Fsp3) is 0.500. The fourth-order valence-corrected chi connectivity index (χ4v) is 3.92. The Morgan fingerprint density at radius 2 is 2.15 bits per heavy atom. The number of nitrogens with zero attached hydrogens (tertiary/aromatic N) is 3. The first-order chi connectivity index (χ1) is 12.7. The van der Waals surface area contributed by atoms with Gasteiger partial charge in [0, 0.05) is 24.7 Å². The minimum Gasteiger partial charge on any atom is -0.475 e. The van der Waals surface area contributed by atoms with E-state index in [-0.39, 0.29) is 23.4 Å². The average molecular weight is 402 g/mol. The van der Waals surface area contributed by atoms with E-state index in [0.29, 0.717) is 6.54 Å². The number of likely N-dealkylation sites (tertiary alicyclic amines) is 1. The molecule has 2 fully saturated rings. The van der Waals surface area contributed by atoms with Gasteiger partial charge in [0.15, 0.2) is 0 Å². The second-order valence-corrected chi connectivity index (χ2v) is 6.98. The highest BCUT2D eigenvalue weighted by Crippen LogP contribution is 2.33. The van der Waals surface area contributed by atoms with Gasteiger partial charge in [-0.15, -0.1) is 11.8 Å². The molecule has 3 heterocycles. The van der Waals surface area contributed by atoms with Crippen LogP contribution >= 0.6 is 11.8 Å². The third kappa shape index (κ3) is 5.58. The van der Waals surface area contributed by atoms with Gasteiger partial charge in [-0.2, -0.15) is 18.4 Å². The molecule has 27 heavy (non-hydrogen) atoms. The monoisotopic (exact) mass is 402 g/mol. The van der Waals surface area contributed by atoms with E-state index in [4.69, 9.17) is 15.2 Å². The lowest BCUT2D eigenvalue weighted by molar-refractivity contribution is -0.192. The molecule has 2 N–H and O–H groups in total. The molecule has 1 aromatic heterocycles. The number of hydrogen-bond acceptors (Lipinski definition) is 6. The van der Waals surface area contributed by atoms with Gasteiger partial charge in [-0.1, -0.05) is 6.07 Å². The summed E-state index contributed by atoms with van der Waals surface area (Å²) in [4.78, 5) is 27.2. The molecule has 0 aromatic carbocycles. The Labute approximate surface area is 157 Å². The Morgan fingerprint density at radius 3 is 2.70 bits per heavy atom. The van der Waals surface area contributed by atoms with Crippen LogP contribution in [0.25, 0.3) is 0 Å². The van der Waals surface area contributed by atoms with Crippen LogP contribution in [0.5, 0.6) is 0 Å². The molecular weight excluding hydrogens is 385 g/mol. The van der Waals surface area contributed by atoms with Crippen molar-refractivity contribution in [2.24, 2.45) is 0 Å². The number of carbonyl (C=O) groups excluding carboxylic acids is 1. The molecule has 7 nitrogen and oxygen atoms in total. The molecule has 3 atom stereocenters. The van der Waals surface area contributed by atoms with Crippen LogP contribution in [-0.4, -0.2) is 57.4 Å². The maximum Gasteiger partial charge on any atom is 0.490 e. The first-order valence-electron chi connectivity index (χ1n) is 8.02. The number of carbonyl (C=O) groups is 2. The number of nitriles is 1. The summed E-state index contributed by atoms with van der Waals surface area (Å²) < 4.78 is 31.7. The van der Waals surface area contributed by atoms with E-state index in [1.54, 1.807) is 22.9 Å². The summed E-state index contributed by atoms with van der Waals surface area (Å²) in [5.74, 6) is -1.95. The number of halogens is 3. The van der Waals surface area contributed by atoms with E-state index in [0.717, 1.165) is 24.2 Å². The number of rotatable bonds is 2. The lowest BCUT2D eigenvalue weighted by Crippen LogP contribution is -2.46. The van der Waals surface area contributed by atoms with Crippen molar-refractivity contribution in [3.63, 3.8) is 0 Å². The Morgan fingerprint density at radius 1 is 1.44 bits per heavy atom. The van der Waals surface area contributed by atoms with Gasteiger partial charge >= 0.3 is 12.1 Å². The van der Waals surface area contributed by atoms with Crippen LogP contribution in [-0.2, 0) is 9.59 Å². The van der Waals surface area contributed by atoms with Crippen LogP contribution in [0.3, 0.4) is 0 Å². The SMILES string of the molecule is N#C[C@@H]1CCCN1C(=O)[C@@H]1CSC(c2cccnc2)N1.O=C(O)C(F)(F)F. The number of amides is 1. The third-order valence-electron chi connectivity index (χ3n) is 3.99. The largest absolute Gasteiger partial charge is 0.490 e. The van der Waals surface area contributed by atoms with Crippen LogP contribution in [0, 0.1) is 11.3 Å². The van der Waals surface area contributed by atoms with Gasteiger partial charge in [0.25, 0.3) is 0 Å². The van der Waals surface area contributed by atoms with E-state index in [1.165, 1.54) is 0 Å². The van der Waals surface area contributed by atoms with Crippen molar-refractivity contribution in [2.75, 3.05) is 12.3 Å². The van der Waals surface area contributed by atoms with Crippen molar-refractivity contribution in [2.45, 2.75) is 36.5 Å². The average Bonchev–Trinajstić information content (AvgIpc) is 3.31. The zero-order chi connectivity index (χ0) is 20.0. The summed E-state index contributed by atoms with van der Waals surface area (Å²) in [7, 11) is 0. The van der Waals surface area contributed by atoms with Gasteiger partial charge in [-0.25, -0.2) is 4.79 Å². The zero-order valence-corrected chi connectivity index (χ0v) is 14.8. The number of thioether (sulfide) groups is 1. The van der Waals surface area contributed by atoms with Gasteiger partial charge in [0.1, 0.15) is 6.04 Å². The normalized spacial score (nSPS) is 24.7. The maximum absolute atomic E-state index is 12.5. The molecule has 2 saturated heterocycles. The number of nitrogens with one attached hydrogen (secondary N) is 1. The summed E-state index contributed by atoms with van der Waals surface area (Å²) >= 11 is 1.72. The quantitative estimate of drug-likeness (QED) is 0.779. The number of carboxylic acid groups (broad SMARTS) is 1. The van der Waals surface area contributed by atoms with Crippen molar-refractivity contribution in [3.8, 4) is 6.07 Å². The summed E-state index contributed by atoms with van der Waals surface area (Å²) in [6, 6.07) is 5.70. The van der Waals surface area contributed by atoms with Crippen molar-refractivity contribution in [3.05, 3.63) is 30.1 Å². The molecule has 1 amide bonds. The molecule has 146 valence electrons. The number of hydrogen-bond donors (Lipinski definition) is 2. The summed E-state index contributed by atoms with van der Waals surface area (Å²) in [5, 5.41) is 19.7. The van der Waals surface area contributed by atoms with E-state index >= 15 is 0 Å². The van der Waals surface area contributed by atoms with Crippen LogP contribution in [0.2, 0.25) is 0 Å². The van der Waals surface area contributed by atoms with E-state index in [1.807, 2.05) is 18.3 Å². The van der Waals surface area contributed by atoms with Gasteiger partial charge in [-0.3, -0.25) is 15.1 Å². The Hall–Kier alpha value is -2.32. The summed E-state index contributed by atoms with van der Waals surface area (Å²) in [5.41, 5.74) is 1.09. The molecule has 1 aromatic rings. The Balaban J connectivity index is 0.000000321. The van der Waals surface area contributed by atoms with Gasteiger partial charge in [0.05, 0.1) is 17.5 Å². The molecule has 0 saturated carbocycles. The number of aliphatic carboxylic acids is 1. The van der Waals surface area contributed by atoms with Gasteiger partial charge < -0.3 is 10.0 Å². The first kappa shape index (κ1) is 21.0. The fourth-order valence-electron chi connectivity index (χ4n) is 2.70. The Bertz CT molecular complexity index is 711. The topological polar surface area (TPSA) is 106 Å². The Kier molecular flexibility index (Phi) is 7.04. The summed E-state index contributed by atoms with van der Waals surface area (Å²) in [6.07, 6.45) is 0.211. The van der Waals surface area contributed by atoms with Crippen LogP contribution in [0.1, 0.15) is 23.8 Å². The smallest absolute Gasteiger partial charge is 0.475 e. The molecule has 1 unspecified atom stereocenters. The predicted octanol–water partition coefficient (Wildman–Crippen LogP) is 1.93. The van der Waals surface area contributed by atoms with E-state index in [2.05, 4.69) is 16.4 Å². The van der Waals surface area contributed by atoms with Crippen LogP contribution in [0.15, 0.2) is 24.5 Å². The molecular formula is C16H17F3N4O3S. The highest BCUT2D eigenvalue weighted by atomic mass is 32.2. The zero-order valence-electron chi connectivity index (χ0n) is 14.0. The molecule has 0 spiro atoms. The molecule has 2 aliphatic heterocycles. The highest BCUT2D eigenvalue weighted by Gasteiger charge is 2.38. The standard InChI is InChI=1S/C14H16N4OS.C2HF3O2/c15-7-11-4-2-6-18(11)14(19)12-9-20-13(17-12)10-3-1-5-16-8-10;3-2(4,5)1(6)7/h1,3,5,8,11-13,17H,2,4,6,9H2;(H,6,7)/t11-,12-,13?;/m0./s1. The minimum absolute atomic E-state index is 0.0629. The van der Waals surface area contributed by atoms with E-state index < -0.39 is 12.1 Å². The molecule has 3 rings (SSSR count). The molecule has 0 radical (unpaired) electrons. The first-order valence-corrected chi connectivity index (χ1v) is 9.06. The highest BCUT2D eigenvalue weighted by molar-refractivity contribution is 7.99.